The van der Waals surface area contributed by atoms with E-state index in [9.17, 15) is 0 Å². The van der Waals surface area contributed by atoms with E-state index in [1.807, 2.05) is 60.7 Å². The highest BCUT2D eigenvalue weighted by Gasteiger charge is 2.47. The maximum atomic E-state index is 6.54. The van der Waals surface area contributed by atoms with Crippen molar-refractivity contribution in [2.45, 2.75) is 10.8 Å². The van der Waals surface area contributed by atoms with Crippen LogP contribution in [-0.4, -0.2) is 29.9 Å². The molecule has 6 nitrogen and oxygen atoms in total. The molecule has 2 heterocycles. The maximum Gasteiger partial charge on any atom is 0.227 e. The first-order chi connectivity index (χ1) is 42.2. The van der Waals surface area contributed by atoms with Gasteiger partial charge in [-0.15, -0.1) is 0 Å². The quantitative estimate of drug-likeness (QED) is 0.158. The van der Waals surface area contributed by atoms with Crippen LogP contribution in [0.1, 0.15) is 44.5 Å². The lowest BCUT2D eigenvalue weighted by atomic mass is 9.67. The van der Waals surface area contributed by atoms with Gasteiger partial charge in [-0.2, -0.15) is 24.9 Å². The Hall–Kier alpha value is -9.47. The van der Waals surface area contributed by atoms with Gasteiger partial charge in [0.15, 0.2) is 17.5 Å². The standard InChI is InChI=1S/C38H24ClN3.C25H17Br.C13H7Cl2N3/c39-37-41-35(27-20-19-25-11-7-8-12-26(25)23-27)40-36(42-37)28-21-22-32-31-17-9-10-18-33(31)38(34(32)24-28,29-13-3-1-4-14-29)30-15-5-2-6-16-30;26-20-15-16-22-21-13-7-8-14-23(21)25(24(22)17-20,18-9-3-1-4-10-18)19-11-5-2-6-12-19;14-12-16-11(17-13(15)18-12)10-6-5-8-3-1-2-4-9(8)7-10/h1-24H;1-17H;1-7H. The summed E-state index contributed by atoms with van der Waals surface area (Å²) in [7, 11) is 0. The molecule has 0 amide bonds. The SMILES string of the molecule is Brc1ccc2c(c1)C(c1ccccc1)(c1ccccc1)c1ccccc1-2.Clc1nc(-c2ccc3c(c2)C(c2ccccc2)(c2ccccc2)c2ccccc2-3)nc(-c2ccc3ccccc3c2)n1.Clc1nc(Cl)nc(-c2ccc3ccccc3c2)n1. The van der Waals surface area contributed by atoms with Crippen molar-refractivity contribution in [3.05, 3.63) is 356 Å². The van der Waals surface area contributed by atoms with Crippen molar-refractivity contribution >= 4 is 72.3 Å². The molecule has 14 aromatic rings. The van der Waals surface area contributed by atoms with Crippen LogP contribution in [0, 0.1) is 0 Å². The third-order valence-electron chi connectivity index (χ3n) is 16.3. The van der Waals surface area contributed by atoms with Crippen molar-refractivity contribution in [1.82, 2.24) is 29.9 Å². The van der Waals surface area contributed by atoms with Gasteiger partial charge in [-0.25, -0.2) is 4.98 Å². The number of hydrogen-bond acceptors (Lipinski definition) is 6. The molecular weight excluding hydrogens is 1180 g/mol. The summed E-state index contributed by atoms with van der Waals surface area (Å²) in [5.41, 5.74) is 17.1. The van der Waals surface area contributed by atoms with Gasteiger partial charge in [0.25, 0.3) is 0 Å². The highest BCUT2D eigenvalue weighted by Crippen LogP contribution is 2.58. The fraction of sp³-hybridized carbons (Fsp3) is 0.0263. The van der Waals surface area contributed by atoms with Crippen LogP contribution >= 0.6 is 50.7 Å². The topological polar surface area (TPSA) is 77.3 Å². The van der Waals surface area contributed by atoms with Gasteiger partial charge in [0.2, 0.25) is 15.9 Å². The van der Waals surface area contributed by atoms with E-state index in [1.165, 1.54) is 66.8 Å². The van der Waals surface area contributed by atoms with E-state index in [0.717, 1.165) is 42.7 Å². The minimum absolute atomic E-state index is 0.0955. The number of aromatic nitrogens is 6. The van der Waals surface area contributed by atoms with Gasteiger partial charge in [-0.05, 0) is 153 Å². The Morgan fingerprint density at radius 1 is 0.244 bits per heavy atom. The third-order valence-corrected chi connectivity index (χ3v) is 17.3. The summed E-state index contributed by atoms with van der Waals surface area (Å²) in [6, 6.07) is 102. The lowest BCUT2D eigenvalue weighted by molar-refractivity contribution is 0.768. The predicted octanol–water partition coefficient (Wildman–Crippen LogP) is 20.2. The molecule has 2 aliphatic rings. The van der Waals surface area contributed by atoms with Gasteiger partial charge < -0.3 is 0 Å². The molecular formula is C76H48BrCl3N6. The number of halogens is 4. The molecule has 12 aromatic carbocycles. The molecule has 2 aliphatic carbocycles. The van der Waals surface area contributed by atoms with Gasteiger partial charge in [0.1, 0.15) is 0 Å². The summed E-state index contributed by atoms with van der Waals surface area (Å²) in [5.74, 6) is 1.58. The first-order valence-electron chi connectivity index (χ1n) is 28.1. The van der Waals surface area contributed by atoms with Crippen LogP contribution in [0.2, 0.25) is 15.9 Å². The van der Waals surface area contributed by atoms with Crippen LogP contribution in [0.4, 0.5) is 0 Å². The molecule has 2 aromatic heterocycles. The Kier molecular flexibility index (Phi) is 14.7. The van der Waals surface area contributed by atoms with Gasteiger partial charge in [0, 0.05) is 21.2 Å². The summed E-state index contributed by atoms with van der Waals surface area (Å²) < 4.78 is 1.11. The fourth-order valence-electron chi connectivity index (χ4n) is 12.7. The van der Waals surface area contributed by atoms with Crippen molar-refractivity contribution < 1.29 is 0 Å². The molecule has 0 spiro atoms. The summed E-state index contributed by atoms with van der Waals surface area (Å²) in [4.78, 5) is 25.9. The highest BCUT2D eigenvalue weighted by atomic mass is 79.9. The van der Waals surface area contributed by atoms with Crippen LogP contribution in [0.3, 0.4) is 0 Å². The average molecular weight is 1230 g/mol. The molecule has 0 atom stereocenters. The van der Waals surface area contributed by atoms with Crippen molar-refractivity contribution in [3.63, 3.8) is 0 Å². The molecule has 0 saturated carbocycles. The molecule has 16 rings (SSSR count). The van der Waals surface area contributed by atoms with Crippen LogP contribution < -0.4 is 0 Å². The van der Waals surface area contributed by atoms with Crippen LogP contribution in [0.15, 0.2) is 296 Å². The Morgan fingerprint density at radius 2 is 0.558 bits per heavy atom. The van der Waals surface area contributed by atoms with Crippen LogP contribution in [0.5, 0.6) is 0 Å². The monoisotopic (exact) mass is 1230 g/mol. The minimum Gasteiger partial charge on any atom is -0.208 e. The number of benzene rings is 12. The van der Waals surface area contributed by atoms with Gasteiger partial charge >= 0.3 is 0 Å². The first-order valence-corrected chi connectivity index (χ1v) is 30.0. The van der Waals surface area contributed by atoms with Crippen molar-refractivity contribution in [2.75, 3.05) is 0 Å². The average Bonchev–Trinajstić information content (AvgIpc) is 1.63. The van der Waals surface area contributed by atoms with Crippen molar-refractivity contribution in [1.29, 1.82) is 0 Å². The first kappa shape index (κ1) is 54.5. The molecule has 0 unspecified atom stereocenters. The molecule has 0 fully saturated rings. The highest BCUT2D eigenvalue weighted by molar-refractivity contribution is 9.10. The molecule has 0 N–H and O–H groups in total. The third kappa shape index (κ3) is 9.82. The summed E-state index contributed by atoms with van der Waals surface area (Å²) in [6.45, 7) is 0. The molecule has 10 heteroatoms. The number of fused-ring (bicyclic) bond motifs is 8. The largest absolute Gasteiger partial charge is 0.227 e. The lowest BCUT2D eigenvalue weighted by Gasteiger charge is -2.34. The molecule has 86 heavy (non-hydrogen) atoms. The van der Waals surface area contributed by atoms with Crippen LogP contribution in [-0.2, 0) is 10.8 Å². The predicted molar refractivity (Wildman–Crippen MR) is 355 cm³/mol. The molecule has 0 aliphatic heterocycles. The van der Waals surface area contributed by atoms with E-state index in [1.54, 1.807) is 0 Å². The van der Waals surface area contributed by atoms with E-state index in [2.05, 4.69) is 271 Å². The van der Waals surface area contributed by atoms with Crippen molar-refractivity contribution in [3.8, 4) is 56.4 Å². The number of rotatable bonds is 7. The zero-order chi connectivity index (χ0) is 58.2. The smallest absolute Gasteiger partial charge is 0.208 e. The van der Waals surface area contributed by atoms with E-state index >= 15 is 0 Å². The maximum absolute atomic E-state index is 6.54. The Morgan fingerprint density at radius 3 is 1.00 bits per heavy atom. The second kappa shape index (κ2) is 23.2. The van der Waals surface area contributed by atoms with E-state index in [-0.39, 0.29) is 21.3 Å². The molecule has 410 valence electrons. The Balaban J connectivity index is 0.000000126. The lowest BCUT2D eigenvalue weighted by Crippen LogP contribution is -2.28. The zero-order valence-electron chi connectivity index (χ0n) is 45.9. The minimum atomic E-state index is -0.498. The number of hydrogen-bond donors (Lipinski definition) is 0. The van der Waals surface area contributed by atoms with Crippen molar-refractivity contribution in [2.24, 2.45) is 0 Å². The molecule has 0 saturated heterocycles. The van der Waals surface area contributed by atoms with Gasteiger partial charge in [-0.1, -0.05) is 277 Å². The normalized spacial score (nSPS) is 12.8. The van der Waals surface area contributed by atoms with Crippen LogP contribution in [0.25, 0.3) is 78.0 Å². The van der Waals surface area contributed by atoms with E-state index in [4.69, 9.17) is 39.8 Å². The van der Waals surface area contributed by atoms with Gasteiger partial charge in [0.05, 0.1) is 10.8 Å². The number of nitrogens with zero attached hydrogens (tertiary/aromatic N) is 6. The summed E-state index contributed by atoms with van der Waals surface area (Å²) >= 11 is 21.8. The Bertz CT molecular complexity index is 4740. The molecule has 0 radical (unpaired) electrons. The van der Waals surface area contributed by atoms with E-state index < -0.39 is 5.41 Å². The second-order valence-corrected chi connectivity index (χ2v) is 23.0. The summed E-state index contributed by atoms with van der Waals surface area (Å²) in [6.07, 6.45) is 0. The zero-order valence-corrected chi connectivity index (χ0v) is 49.8. The second-order valence-electron chi connectivity index (χ2n) is 21.1. The van der Waals surface area contributed by atoms with E-state index in [0.29, 0.717) is 17.5 Å². The molecule has 0 bridgehead atoms. The summed E-state index contributed by atoms with van der Waals surface area (Å²) in [5, 5.41) is 4.92. The Labute approximate surface area is 521 Å². The van der Waals surface area contributed by atoms with Gasteiger partial charge in [-0.3, -0.25) is 0 Å². The fourth-order valence-corrected chi connectivity index (χ4v) is 13.6.